The van der Waals surface area contributed by atoms with Crippen LogP contribution in [0.1, 0.15) is 21.5 Å². The highest BCUT2D eigenvalue weighted by molar-refractivity contribution is 7.94. The van der Waals surface area contributed by atoms with E-state index in [1.54, 1.807) is 18.2 Å². The van der Waals surface area contributed by atoms with E-state index >= 15 is 0 Å². The van der Waals surface area contributed by atoms with Gasteiger partial charge in [-0.15, -0.1) is 0 Å². The summed E-state index contributed by atoms with van der Waals surface area (Å²) in [6.07, 6.45) is 5.78. The van der Waals surface area contributed by atoms with Crippen LogP contribution in [0.5, 0.6) is 0 Å². The number of hydrogen-bond acceptors (Lipinski definition) is 4. The maximum atomic E-state index is 12.9. The SMILES string of the molecule is O=C(c1cccc2c1C=CS2(=O)=O)N1CCN(CC=Cc2ccccc2)CC1. The first kappa shape index (κ1) is 18.7. The van der Waals surface area contributed by atoms with Gasteiger partial charge in [-0.2, -0.15) is 0 Å². The Morgan fingerprint density at radius 2 is 1.71 bits per heavy atom. The van der Waals surface area contributed by atoms with Gasteiger partial charge in [0.05, 0.1) is 4.90 Å². The molecule has 0 radical (unpaired) electrons. The zero-order valence-electron chi connectivity index (χ0n) is 15.5. The molecule has 0 atom stereocenters. The summed E-state index contributed by atoms with van der Waals surface area (Å²) in [7, 11) is -3.40. The first-order chi connectivity index (χ1) is 13.5. The van der Waals surface area contributed by atoms with Crippen molar-refractivity contribution in [2.45, 2.75) is 4.90 Å². The Morgan fingerprint density at radius 1 is 0.964 bits per heavy atom. The summed E-state index contributed by atoms with van der Waals surface area (Å²) in [6.45, 7) is 3.72. The van der Waals surface area contributed by atoms with Crippen molar-refractivity contribution in [3.63, 3.8) is 0 Å². The first-order valence-corrected chi connectivity index (χ1v) is 10.9. The van der Waals surface area contributed by atoms with Gasteiger partial charge in [0.1, 0.15) is 0 Å². The third-order valence-electron chi connectivity index (χ3n) is 5.15. The molecule has 4 rings (SSSR count). The van der Waals surface area contributed by atoms with Crippen molar-refractivity contribution in [1.29, 1.82) is 0 Å². The maximum Gasteiger partial charge on any atom is 0.254 e. The number of rotatable bonds is 4. The van der Waals surface area contributed by atoms with Gasteiger partial charge in [-0.25, -0.2) is 8.42 Å². The molecule has 144 valence electrons. The summed E-state index contributed by atoms with van der Waals surface area (Å²) in [5.41, 5.74) is 2.16. The van der Waals surface area contributed by atoms with Crippen LogP contribution in [0.15, 0.2) is 64.9 Å². The van der Waals surface area contributed by atoms with Crippen molar-refractivity contribution >= 4 is 27.9 Å². The van der Waals surface area contributed by atoms with Crippen LogP contribution in [0.4, 0.5) is 0 Å². The van der Waals surface area contributed by atoms with Crippen molar-refractivity contribution in [3.05, 3.63) is 76.7 Å². The van der Waals surface area contributed by atoms with E-state index in [1.165, 1.54) is 17.0 Å². The lowest BCUT2D eigenvalue weighted by atomic mass is 10.1. The standard InChI is InChI=1S/C22H22N2O3S/c25-22(20-9-4-10-21-19(20)11-17-28(21,26)27)24-15-13-23(14-16-24)12-5-8-18-6-2-1-3-7-18/h1-11,17H,12-16H2. The van der Waals surface area contributed by atoms with Gasteiger partial charge in [-0.1, -0.05) is 48.6 Å². The lowest BCUT2D eigenvalue weighted by Crippen LogP contribution is -2.48. The van der Waals surface area contributed by atoms with Crippen molar-refractivity contribution < 1.29 is 13.2 Å². The van der Waals surface area contributed by atoms with Crippen molar-refractivity contribution in [3.8, 4) is 0 Å². The predicted octanol–water partition coefficient (Wildman–Crippen LogP) is 2.92. The molecule has 0 aliphatic carbocycles. The smallest absolute Gasteiger partial charge is 0.254 e. The number of amides is 1. The van der Waals surface area contributed by atoms with Crippen LogP contribution in [0, 0.1) is 0 Å². The maximum absolute atomic E-state index is 12.9. The third-order valence-corrected chi connectivity index (χ3v) is 6.61. The van der Waals surface area contributed by atoms with Gasteiger partial charge in [0.15, 0.2) is 9.84 Å². The zero-order valence-corrected chi connectivity index (χ0v) is 16.3. The average molecular weight is 394 g/mol. The number of fused-ring (bicyclic) bond motifs is 1. The molecule has 2 aromatic rings. The molecule has 1 fully saturated rings. The first-order valence-electron chi connectivity index (χ1n) is 9.34. The average Bonchev–Trinajstić information content (AvgIpc) is 3.04. The monoisotopic (exact) mass is 394 g/mol. The highest BCUT2D eigenvalue weighted by Crippen LogP contribution is 2.30. The Balaban J connectivity index is 1.37. The van der Waals surface area contributed by atoms with Crippen molar-refractivity contribution in [2.24, 2.45) is 0 Å². The molecular formula is C22H22N2O3S. The van der Waals surface area contributed by atoms with E-state index in [0.29, 0.717) is 24.2 Å². The lowest BCUT2D eigenvalue weighted by Gasteiger charge is -2.34. The quantitative estimate of drug-likeness (QED) is 0.800. The molecule has 2 aliphatic heterocycles. The summed E-state index contributed by atoms with van der Waals surface area (Å²) in [5, 5.41) is 1.17. The normalized spacial score (nSPS) is 18.5. The number of hydrogen-bond donors (Lipinski definition) is 0. The van der Waals surface area contributed by atoms with Crippen LogP contribution in [0.2, 0.25) is 0 Å². The second-order valence-corrected chi connectivity index (χ2v) is 8.77. The Morgan fingerprint density at radius 3 is 2.46 bits per heavy atom. The Hall–Kier alpha value is -2.70. The van der Waals surface area contributed by atoms with Gasteiger partial charge in [-0.3, -0.25) is 9.69 Å². The second kappa shape index (κ2) is 7.73. The van der Waals surface area contributed by atoms with Gasteiger partial charge < -0.3 is 4.90 Å². The Labute approximate surface area is 165 Å². The van der Waals surface area contributed by atoms with E-state index in [2.05, 4.69) is 29.2 Å². The lowest BCUT2D eigenvalue weighted by molar-refractivity contribution is 0.0650. The van der Waals surface area contributed by atoms with Crippen molar-refractivity contribution in [2.75, 3.05) is 32.7 Å². The number of nitrogens with zero attached hydrogens (tertiary/aromatic N) is 2. The number of sulfone groups is 1. The summed E-state index contributed by atoms with van der Waals surface area (Å²) in [6, 6.07) is 15.1. The van der Waals surface area contributed by atoms with E-state index < -0.39 is 9.84 Å². The van der Waals surface area contributed by atoms with Crippen LogP contribution in [-0.2, 0) is 9.84 Å². The molecule has 5 nitrogen and oxygen atoms in total. The van der Waals surface area contributed by atoms with E-state index in [-0.39, 0.29) is 10.8 Å². The van der Waals surface area contributed by atoms with Gasteiger partial charge >= 0.3 is 0 Å². The molecule has 0 bridgehead atoms. The Bertz CT molecular complexity index is 1030. The number of carbonyl (C=O) groups excluding carboxylic acids is 1. The van der Waals surface area contributed by atoms with Gasteiger partial charge in [0.25, 0.3) is 5.91 Å². The van der Waals surface area contributed by atoms with Crippen LogP contribution in [0.25, 0.3) is 12.2 Å². The van der Waals surface area contributed by atoms with Crippen LogP contribution < -0.4 is 0 Å². The van der Waals surface area contributed by atoms with Crippen molar-refractivity contribution in [1.82, 2.24) is 9.80 Å². The van der Waals surface area contributed by atoms with E-state index in [0.717, 1.165) is 19.6 Å². The molecule has 1 saturated heterocycles. The largest absolute Gasteiger partial charge is 0.336 e. The molecular weight excluding hydrogens is 372 g/mol. The number of piperazine rings is 1. The summed E-state index contributed by atoms with van der Waals surface area (Å²) >= 11 is 0. The molecule has 1 amide bonds. The second-order valence-electron chi connectivity index (χ2n) is 6.97. The topological polar surface area (TPSA) is 57.7 Å². The molecule has 0 saturated carbocycles. The highest BCUT2D eigenvalue weighted by atomic mass is 32.2. The minimum Gasteiger partial charge on any atom is -0.336 e. The summed E-state index contributed by atoms with van der Waals surface area (Å²) in [5.74, 6) is -0.0990. The summed E-state index contributed by atoms with van der Waals surface area (Å²) in [4.78, 5) is 17.3. The molecule has 0 spiro atoms. The minimum absolute atomic E-state index is 0.0990. The molecule has 2 aromatic carbocycles. The van der Waals surface area contributed by atoms with E-state index in [1.807, 2.05) is 23.1 Å². The highest BCUT2D eigenvalue weighted by Gasteiger charge is 2.28. The third kappa shape index (κ3) is 3.79. The molecule has 0 aromatic heterocycles. The van der Waals surface area contributed by atoms with Crippen LogP contribution in [-0.4, -0.2) is 56.8 Å². The van der Waals surface area contributed by atoms with Gasteiger partial charge in [-0.05, 0) is 23.8 Å². The fourth-order valence-corrected chi connectivity index (χ4v) is 4.80. The molecule has 0 N–H and O–H groups in total. The number of carbonyl (C=O) groups is 1. The summed E-state index contributed by atoms with van der Waals surface area (Å²) < 4.78 is 24.1. The fraction of sp³-hybridized carbons (Fsp3) is 0.227. The molecule has 28 heavy (non-hydrogen) atoms. The van der Waals surface area contributed by atoms with Gasteiger partial charge in [0.2, 0.25) is 0 Å². The molecule has 2 heterocycles. The van der Waals surface area contributed by atoms with Gasteiger partial charge in [0, 0.05) is 49.3 Å². The van der Waals surface area contributed by atoms with E-state index in [9.17, 15) is 13.2 Å². The van der Waals surface area contributed by atoms with E-state index in [4.69, 9.17) is 0 Å². The van der Waals surface area contributed by atoms with Crippen LogP contribution >= 0.6 is 0 Å². The fourth-order valence-electron chi connectivity index (χ4n) is 3.59. The Kier molecular flexibility index (Phi) is 5.15. The molecule has 2 aliphatic rings. The van der Waals surface area contributed by atoms with Crippen LogP contribution in [0.3, 0.4) is 0 Å². The number of benzene rings is 2. The minimum atomic E-state index is -3.40. The molecule has 6 heteroatoms. The molecule has 0 unspecified atom stereocenters. The predicted molar refractivity (Wildman–Crippen MR) is 110 cm³/mol. The zero-order chi connectivity index (χ0) is 19.6.